The minimum absolute atomic E-state index is 0.161. The van der Waals surface area contributed by atoms with Gasteiger partial charge in [0.1, 0.15) is 16.0 Å². The zero-order chi connectivity index (χ0) is 18.9. The molecule has 0 spiro atoms. The molecule has 1 aromatic carbocycles. The third-order valence-electron chi connectivity index (χ3n) is 5.83. The zero-order valence-electron chi connectivity index (χ0n) is 15.3. The van der Waals surface area contributed by atoms with Gasteiger partial charge in [-0.05, 0) is 44.4 Å². The van der Waals surface area contributed by atoms with Crippen LogP contribution in [0.25, 0.3) is 21.1 Å². The number of benzene rings is 1. The number of aromatic nitrogens is 2. The first-order valence-corrected chi connectivity index (χ1v) is 10.1. The fourth-order valence-electron chi connectivity index (χ4n) is 4.11. The van der Waals surface area contributed by atoms with Crippen molar-refractivity contribution in [3.8, 4) is 0 Å². The summed E-state index contributed by atoms with van der Waals surface area (Å²) < 4.78 is 20.1. The molecule has 1 aliphatic carbocycles. The van der Waals surface area contributed by atoms with Gasteiger partial charge in [0.15, 0.2) is 0 Å². The highest BCUT2D eigenvalue weighted by Gasteiger charge is 2.31. The second kappa shape index (κ2) is 5.90. The van der Waals surface area contributed by atoms with Crippen LogP contribution < -0.4 is 15.9 Å². The topological polar surface area (TPSA) is 61.3 Å². The van der Waals surface area contributed by atoms with E-state index < -0.39 is 0 Å². The summed E-state index contributed by atoms with van der Waals surface area (Å²) in [6.45, 7) is 4.93. The van der Waals surface area contributed by atoms with E-state index in [4.69, 9.17) is 0 Å². The molecule has 1 aliphatic heterocycles. The van der Waals surface area contributed by atoms with Crippen molar-refractivity contribution < 1.29 is 4.39 Å². The second-order valence-electron chi connectivity index (χ2n) is 7.66. The summed E-state index contributed by atoms with van der Waals surface area (Å²) in [6.07, 6.45) is 2.03. The molecule has 27 heavy (non-hydrogen) atoms. The lowest BCUT2D eigenvalue weighted by molar-refractivity contribution is 0.311. The summed E-state index contributed by atoms with van der Waals surface area (Å²) in [7, 11) is 2.06. The summed E-state index contributed by atoms with van der Waals surface area (Å²) in [5.74, 6) is -0.350. The fraction of sp³-hybridized carbons (Fsp3) is 0.474. The SMILES string of the molecule is Cc1c(F)c(N2CCN(C)CC2)cc2c1c(=O)c1c(=O)[nH]sc1n2C1CC1. The van der Waals surface area contributed by atoms with E-state index in [9.17, 15) is 9.59 Å². The van der Waals surface area contributed by atoms with E-state index in [1.54, 1.807) is 6.92 Å². The van der Waals surface area contributed by atoms with Gasteiger partial charge in [0.2, 0.25) is 5.43 Å². The Labute approximate surface area is 159 Å². The van der Waals surface area contributed by atoms with Crippen molar-refractivity contribution in [1.29, 1.82) is 0 Å². The Morgan fingerprint density at radius 3 is 2.52 bits per heavy atom. The van der Waals surface area contributed by atoms with Crippen LogP contribution in [-0.4, -0.2) is 47.1 Å². The molecule has 0 unspecified atom stereocenters. The first-order valence-electron chi connectivity index (χ1n) is 9.29. The molecule has 1 saturated carbocycles. The molecule has 142 valence electrons. The second-order valence-corrected chi connectivity index (χ2v) is 8.46. The molecule has 6 nitrogen and oxygen atoms in total. The number of hydrogen-bond acceptors (Lipinski definition) is 5. The van der Waals surface area contributed by atoms with Gasteiger partial charge in [-0.15, -0.1) is 0 Å². The number of nitrogens with zero attached hydrogens (tertiary/aromatic N) is 3. The number of halogens is 1. The Hall–Kier alpha value is -2.19. The number of hydrogen-bond donors (Lipinski definition) is 1. The number of fused-ring (bicyclic) bond motifs is 2. The van der Waals surface area contributed by atoms with Crippen LogP contribution in [0.15, 0.2) is 15.7 Å². The molecule has 8 heteroatoms. The van der Waals surface area contributed by atoms with Gasteiger partial charge in [0.25, 0.3) is 5.56 Å². The highest BCUT2D eigenvalue weighted by atomic mass is 32.1. The van der Waals surface area contributed by atoms with Crippen LogP contribution >= 0.6 is 11.5 Å². The van der Waals surface area contributed by atoms with E-state index in [1.807, 2.05) is 6.07 Å². The van der Waals surface area contributed by atoms with Crippen LogP contribution in [0.3, 0.4) is 0 Å². The van der Waals surface area contributed by atoms with Crippen molar-refractivity contribution in [2.24, 2.45) is 0 Å². The highest BCUT2D eigenvalue weighted by Crippen LogP contribution is 2.41. The number of pyridine rings is 1. The average molecular weight is 388 g/mol. The Morgan fingerprint density at radius 1 is 1.15 bits per heavy atom. The Bertz CT molecular complexity index is 1180. The van der Waals surface area contributed by atoms with Crippen LogP contribution in [0.5, 0.6) is 0 Å². The third kappa shape index (κ3) is 2.46. The maximum absolute atomic E-state index is 15.3. The number of piperazine rings is 1. The quantitative estimate of drug-likeness (QED) is 0.733. The molecule has 3 heterocycles. The first-order chi connectivity index (χ1) is 13.0. The van der Waals surface area contributed by atoms with Crippen LogP contribution in [0, 0.1) is 12.7 Å². The van der Waals surface area contributed by atoms with E-state index >= 15 is 4.39 Å². The van der Waals surface area contributed by atoms with Gasteiger partial charge in [-0.2, -0.15) is 0 Å². The van der Waals surface area contributed by atoms with Gasteiger partial charge < -0.3 is 14.4 Å². The Morgan fingerprint density at radius 2 is 1.85 bits per heavy atom. The number of likely N-dealkylation sites (N-methyl/N-ethyl adjacent to an activating group) is 1. The number of aryl methyl sites for hydroxylation is 1. The van der Waals surface area contributed by atoms with Gasteiger partial charge >= 0.3 is 0 Å². The average Bonchev–Trinajstić information content (AvgIpc) is 3.41. The largest absolute Gasteiger partial charge is 0.367 e. The summed E-state index contributed by atoms with van der Waals surface area (Å²) in [4.78, 5) is 30.2. The predicted molar refractivity (Wildman–Crippen MR) is 107 cm³/mol. The van der Waals surface area contributed by atoms with E-state index in [1.165, 1.54) is 11.5 Å². The lowest BCUT2D eigenvalue weighted by Gasteiger charge is -2.34. The van der Waals surface area contributed by atoms with Crippen molar-refractivity contribution in [2.45, 2.75) is 25.8 Å². The molecule has 0 atom stereocenters. The van der Waals surface area contributed by atoms with Crippen molar-refractivity contribution in [2.75, 3.05) is 38.1 Å². The van der Waals surface area contributed by atoms with E-state index in [0.717, 1.165) is 44.5 Å². The highest BCUT2D eigenvalue weighted by molar-refractivity contribution is 7.12. The zero-order valence-corrected chi connectivity index (χ0v) is 16.2. The molecule has 0 amide bonds. The minimum atomic E-state index is -0.376. The third-order valence-corrected chi connectivity index (χ3v) is 6.71. The molecular formula is C19H21FN4O2S. The normalized spacial score (nSPS) is 18.7. The monoisotopic (exact) mass is 388 g/mol. The summed E-state index contributed by atoms with van der Waals surface area (Å²) >= 11 is 1.20. The number of nitrogens with one attached hydrogen (secondary N) is 1. The van der Waals surface area contributed by atoms with Gasteiger partial charge in [-0.1, -0.05) is 0 Å². The van der Waals surface area contributed by atoms with Crippen molar-refractivity contribution >= 4 is 38.3 Å². The molecule has 5 rings (SSSR count). The summed E-state index contributed by atoms with van der Waals surface area (Å²) in [6, 6.07) is 2.10. The van der Waals surface area contributed by atoms with Crippen LogP contribution in [-0.2, 0) is 0 Å². The van der Waals surface area contributed by atoms with Crippen LogP contribution in [0.1, 0.15) is 24.4 Å². The first kappa shape index (κ1) is 16.9. The standard InChI is InChI=1S/C19H21FN4O2S/c1-10-14-12(9-13(16(10)20)23-7-5-22(2)6-8-23)24(11-3-4-11)19-15(17(14)25)18(26)21-27-19/h9,11H,3-8H2,1-2H3,(H,21,26). The van der Waals surface area contributed by atoms with Gasteiger partial charge in [-0.3, -0.25) is 14.0 Å². The molecule has 2 aliphatic rings. The predicted octanol–water partition coefficient (Wildman–Crippen LogP) is 2.44. The maximum atomic E-state index is 15.3. The number of anilines is 1. The van der Waals surface area contributed by atoms with Crippen molar-refractivity contribution in [3.05, 3.63) is 38.0 Å². The molecular weight excluding hydrogens is 367 g/mol. The number of H-pyrrole nitrogens is 1. The summed E-state index contributed by atoms with van der Waals surface area (Å²) in [5, 5.41) is 0.503. The lowest BCUT2D eigenvalue weighted by atomic mass is 10.0. The smallest absolute Gasteiger partial charge is 0.271 e. The van der Waals surface area contributed by atoms with E-state index in [0.29, 0.717) is 21.5 Å². The maximum Gasteiger partial charge on any atom is 0.271 e. The molecule has 1 saturated heterocycles. The van der Waals surface area contributed by atoms with Gasteiger partial charge in [0, 0.05) is 37.8 Å². The van der Waals surface area contributed by atoms with Crippen LogP contribution in [0.4, 0.5) is 10.1 Å². The van der Waals surface area contributed by atoms with Crippen molar-refractivity contribution in [1.82, 2.24) is 13.8 Å². The van der Waals surface area contributed by atoms with Crippen molar-refractivity contribution in [3.63, 3.8) is 0 Å². The molecule has 0 bridgehead atoms. The van der Waals surface area contributed by atoms with E-state index in [-0.39, 0.29) is 28.2 Å². The molecule has 0 radical (unpaired) electrons. The van der Waals surface area contributed by atoms with Gasteiger partial charge in [-0.25, -0.2) is 4.39 Å². The molecule has 1 N–H and O–H groups in total. The number of rotatable bonds is 2. The number of aromatic amines is 1. The van der Waals surface area contributed by atoms with Gasteiger partial charge in [0.05, 0.1) is 16.6 Å². The van der Waals surface area contributed by atoms with Crippen LogP contribution in [0.2, 0.25) is 0 Å². The molecule has 2 aromatic heterocycles. The Kier molecular flexibility index (Phi) is 3.70. The Balaban J connectivity index is 1.85. The fourth-order valence-corrected chi connectivity index (χ4v) is 5.03. The lowest BCUT2D eigenvalue weighted by Crippen LogP contribution is -2.44. The minimum Gasteiger partial charge on any atom is -0.367 e. The summed E-state index contributed by atoms with van der Waals surface area (Å²) in [5.41, 5.74) is 0.913. The van der Waals surface area contributed by atoms with E-state index in [2.05, 4.69) is 25.8 Å². The molecule has 2 fully saturated rings. The molecule has 3 aromatic rings.